The number of pyridine rings is 1. The fourth-order valence-electron chi connectivity index (χ4n) is 1.82. The number of halogens is 1. The minimum Gasteiger partial charge on any atom is -0.249 e. The average molecular weight is 245 g/mol. The van der Waals surface area contributed by atoms with Crippen molar-refractivity contribution >= 4 is 21.3 Å². The minimum atomic E-state index is -2.16. The lowest BCUT2D eigenvalue weighted by atomic mass is 10.2. The van der Waals surface area contributed by atoms with Crippen molar-refractivity contribution in [2.24, 2.45) is 4.36 Å². The molecule has 0 amide bonds. The van der Waals surface area contributed by atoms with Crippen LogP contribution in [0, 0.1) is 0 Å². The minimum absolute atomic E-state index is 0.278. The summed E-state index contributed by atoms with van der Waals surface area (Å²) in [7, 11) is -0.544. The van der Waals surface area contributed by atoms with Crippen molar-refractivity contribution in [3.63, 3.8) is 0 Å². The molecule has 1 unspecified atom stereocenters. The third-order valence-electron chi connectivity index (χ3n) is 3.03. The first-order chi connectivity index (χ1) is 7.02. The highest BCUT2D eigenvalue weighted by molar-refractivity contribution is 7.94. The molecule has 0 radical (unpaired) electrons. The van der Waals surface area contributed by atoms with E-state index in [1.165, 1.54) is 0 Å². The quantitative estimate of drug-likeness (QED) is 0.750. The molecular weight excluding hydrogens is 232 g/mol. The van der Waals surface area contributed by atoms with Crippen molar-refractivity contribution in [1.82, 2.24) is 4.98 Å². The van der Waals surface area contributed by atoms with Gasteiger partial charge in [0.15, 0.2) is 0 Å². The second kappa shape index (κ2) is 3.46. The van der Waals surface area contributed by atoms with Crippen molar-refractivity contribution in [1.29, 1.82) is 0 Å². The second-order valence-electron chi connectivity index (χ2n) is 3.85. The summed E-state index contributed by atoms with van der Waals surface area (Å²) >= 11 is 5.72. The van der Waals surface area contributed by atoms with Crippen molar-refractivity contribution in [2.75, 3.05) is 13.3 Å². The SMILES string of the molecule is CN=S(C)(=O)C1(c2ccc(Cl)nc2)CC1. The van der Waals surface area contributed by atoms with Crippen LogP contribution in [0.2, 0.25) is 5.15 Å². The van der Waals surface area contributed by atoms with Gasteiger partial charge in [-0.2, -0.15) is 0 Å². The van der Waals surface area contributed by atoms with Gasteiger partial charge in [-0.1, -0.05) is 17.7 Å². The molecule has 1 aromatic heterocycles. The van der Waals surface area contributed by atoms with Crippen LogP contribution in [0.15, 0.2) is 22.7 Å². The first-order valence-corrected chi connectivity index (χ1v) is 7.04. The maximum Gasteiger partial charge on any atom is 0.129 e. The van der Waals surface area contributed by atoms with E-state index < -0.39 is 9.73 Å². The van der Waals surface area contributed by atoms with Crippen LogP contribution >= 0.6 is 11.6 Å². The van der Waals surface area contributed by atoms with E-state index in [4.69, 9.17) is 11.6 Å². The average Bonchev–Trinajstić information content (AvgIpc) is 3.00. The Morgan fingerprint density at radius 1 is 1.53 bits per heavy atom. The Morgan fingerprint density at radius 3 is 2.60 bits per heavy atom. The molecule has 82 valence electrons. The van der Waals surface area contributed by atoms with Gasteiger partial charge < -0.3 is 0 Å². The zero-order valence-electron chi connectivity index (χ0n) is 8.74. The molecule has 15 heavy (non-hydrogen) atoms. The molecule has 0 aromatic carbocycles. The molecule has 0 aliphatic heterocycles. The molecule has 2 rings (SSSR count). The van der Waals surface area contributed by atoms with Crippen LogP contribution < -0.4 is 0 Å². The highest BCUT2D eigenvalue weighted by Gasteiger charge is 2.51. The van der Waals surface area contributed by atoms with Crippen molar-refractivity contribution < 1.29 is 4.21 Å². The Hall–Kier alpha value is -0.610. The third kappa shape index (κ3) is 1.66. The molecule has 5 heteroatoms. The van der Waals surface area contributed by atoms with Gasteiger partial charge in [-0.05, 0) is 24.5 Å². The van der Waals surface area contributed by atoms with E-state index in [9.17, 15) is 4.21 Å². The summed E-state index contributed by atoms with van der Waals surface area (Å²) in [5.41, 5.74) is 0.991. The molecular formula is C10H13ClN2OS. The smallest absolute Gasteiger partial charge is 0.129 e. The lowest BCUT2D eigenvalue weighted by Crippen LogP contribution is -2.19. The lowest BCUT2D eigenvalue weighted by Gasteiger charge is -2.16. The summed E-state index contributed by atoms with van der Waals surface area (Å²) in [6.45, 7) is 0. The summed E-state index contributed by atoms with van der Waals surface area (Å²) in [6.07, 6.45) is 5.27. The van der Waals surface area contributed by atoms with E-state index in [0.717, 1.165) is 18.4 Å². The second-order valence-corrected chi connectivity index (χ2v) is 6.99. The molecule has 1 aliphatic carbocycles. The molecule has 0 saturated heterocycles. The van der Waals surface area contributed by atoms with Crippen molar-refractivity contribution in [3.8, 4) is 0 Å². The highest BCUT2D eigenvalue weighted by Crippen LogP contribution is 2.52. The van der Waals surface area contributed by atoms with Gasteiger partial charge in [0.1, 0.15) is 5.15 Å². The first-order valence-electron chi connectivity index (χ1n) is 4.74. The van der Waals surface area contributed by atoms with Gasteiger partial charge in [-0.25, -0.2) is 13.6 Å². The normalized spacial score (nSPS) is 21.8. The standard InChI is InChI=1S/C10H13ClN2OS/c1-12-15(2,14)10(5-6-10)8-3-4-9(11)13-7-8/h3-4,7H,5-6H2,1-2H3. The summed E-state index contributed by atoms with van der Waals surface area (Å²) < 4.78 is 16.0. The number of rotatable bonds is 2. The predicted molar refractivity (Wildman–Crippen MR) is 62.6 cm³/mol. The molecule has 1 aromatic rings. The van der Waals surface area contributed by atoms with Crippen LogP contribution in [0.25, 0.3) is 0 Å². The first kappa shape index (κ1) is 10.9. The van der Waals surface area contributed by atoms with Crippen LogP contribution in [0.5, 0.6) is 0 Å². The molecule has 0 N–H and O–H groups in total. The van der Waals surface area contributed by atoms with Gasteiger partial charge in [-0.15, -0.1) is 0 Å². The van der Waals surface area contributed by atoms with E-state index in [1.807, 2.05) is 6.07 Å². The molecule has 1 heterocycles. The third-order valence-corrected chi connectivity index (χ3v) is 6.05. The maximum atomic E-state index is 12.3. The zero-order valence-corrected chi connectivity index (χ0v) is 10.3. The van der Waals surface area contributed by atoms with Crippen LogP contribution in [0.1, 0.15) is 18.4 Å². The topological polar surface area (TPSA) is 42.3 Å². The summed E-state index contributed by atoms with van der Waals surface area (Å²) in [4.78, 5) is 4.03. The van der Waals surface area contributed by atoms with Crippen molar-refractivity contribution in [3.05, 3.63) is 29.0 Å². The van der Waals surface area contributed by atoms with Gasteiger partial charge >= 0.3 is 0 Å². The Bertz CT molecular complexity index is 485. The van der Waals surface area contributed by atoms with Crippen LogP contribution in [-0.4, -0.2) is 22.5 Å². The Morgan fingerprint density at radius 2 is 2.20 bits per heavy atom. The summed E-state index contributed by atoms with van der Waals surface area (Å²) in [6, 6.07) is 3.64. The monoisotopic (exact) mass is 244 g/mol. The largest absolute Gasteiger partial charge is 0.249 e. The zero-order chi connectivity index (χ0) is 11.1. The van der Waals surface area contributed by atoms with Gasteiger partial charge in [0, 0.05) is 19.5 Å². The van der Waals surface area contributed by atoms with E-state index in [2.05, 4.69) is 9.35 Å². The Labute approximate surface area is 95.1 Å². The van der Waals surface area contributed by atoms with Gasteiger partial charge in [-0.3, -0.25) is 0 Å². The number of aromatic nitrogens is 1. The predicted octanol–water partition coefficient (Wildman–Crippen LogP) is 2.45. The number of hydrogen-bond donors (Lipinski definition) is 0. The Kier molecular flexibility index (Phi) is 2.51. The van der Waals surface area contributed by atoms with Gasteiger partial charge in [0.2, 0.25) is 0 Å². The molecule has 0 spiro atoms. The van der Waals surface area contributed by atoms with E-state index in [1.54, 1.807) is 25.6 Å². The fraction of sp³-hybridized carbons (Fsp3) is 0.500. The Balaban J connectivity index is 2.48. The summed E-state index contributed by atoms with van der Waals surface area (Å²) in [5, 5.41) is 0.464. The van der Waals surface area contributed by atoms with Crippen LogP contribution in [0.4, 0.5) is 0 Å². The van der Waals surface area contributed by atoms with E-state index in [-0.39, 0.29) is 4.75 Å². The van der Waals surface area contributed by atoms with Crippen LogP contribution in [0.3, 0.4) is 0 Å². The van der Waals surface area contributed by atoms with Gasteiger partial charge in [0.25, 0.3) is 0 Å². The van der Waals surface area contributed by atoms with E-state index in [0.29, 0.717) is 5.15 Å². The number of hydrogen-bond acceptors (Lipinski definition) is 3. The molecule has 1 aliphatic rings. The van der Waals surface area contributed by atoms with Crippen molar-refractivity contribution in [2.45, 2.75) is 17.6 Å². The van der Waals surface area contributed by atoms with Gasteiger partial charge in [0.05, 0.1) is 14.5 Å². The fourth-order valence-corrected chi connectivity index (χ4v) is 3.70. The summed E-state index contributed by atoms with van der Waals surface area (Å²) in [5.74, 6) is 0. The van der Waals surface area contributed by atoms with Crippen LogP contribution in [-0.2, 0) is 14.5 Å². The highest BCUT2D eigenvalue weighted by atomic mass is 35.5. The lowest BCUT2D eigenvalue weighted by molar-refractivity contribution is 0.667. The molecule has 1 fully saturated rings. The molecule has 1 saturated carbocycles. The maximum absolute atomic E-state index is 12.3. The number of nitrogens with zero attached hydrogens (tertiary/aromatic N) is 2. The van der Waals surface area contributed by atoms with E-state index >= 15 is 0 Å². The molecule has 1 atom stereocenters. The molecule has 0 bridgehead atoms. The molecule has 3 nitrogen and oxygen atoms in total.